The molecule has 2 rings (SSSR count). The van der Waals surface area contributed by atoms with Gasteiger partial charge in [0.2, 0.25) is 11.8 Å². The van der Waals surface area contributed by atoms with Crippen molar-refractivity contribution < 1.29 is 4.42 Å². The number of anilines is 1. The van der Waals surface area contributed by atoms with E-state index in [2.05, 4.69) is 25.5 Å². The lowest BCUT2D eigenvalue weighted by Crippen LogP contribution is -2.07. The zero-order valence-corrected chi connectivity index (χ0v) is 10.4. The summed E-state index contributed by atoms with van der Waals surface area (Å²) in [7, 11) is 0. The van der Waals surface area contributed by atoms with Gasteiger partial charge in [-0.05, 0) is 27.7 Å². The highest BCUT2D eigenvalue weighted by molar-refractivity contribution is 5.25. The molecule has 2 aromatic heterocycles. The van der Waals surface area contributed by atoms with E-state index in [1.165, 1.54) is 0 Å². The normalized spacial score (nSPS) is 10.6. The smallest absolute Gasteiger partial charge is 0.243 e. The van der Waals surface area contributed by atoms with Gasteiger partial charge in [0.1, 0.15) is 5.76 Å². The Bertz CT molecular complexity index is 515. The SMILES string of the molecule is Cc1nnc(NCc2nc(C)c(C)o2)nc1C. The number of aryl methyl sites for hydroxylation is 4. The summed E-state index contributed by atoms with van der Waals surface area (Å²) in [6.45, 7) is 8.03. The van der Waals surface area contributed by atoms with E-state index in [0.29, 0.717) is 18.4 Å². The lowest BCUT2D eigenvalue weighted by Gasteiger charge is -2.02. The van der Waals surface area contributed by atoms with Crippen molar-refractivity contribution in [1.29, 1.82) is 0 Å². The standard InChI is InChI=1S/C11H15N5O/c1-6-7(2)15-16-11(14-6)12-5-10-13-8(3)9(4)17-10/h5H2,1-4H3,(H,12,14,16). The second-order valence-corrected chi connectivity index (χ2v) is 3.91. The fraction of sp³-hybridized carbons (Fsp3) is 0.455. The second kappa shape index (κ2) is 4.48. The average Bonchev–Trinajstić information content (AvgIpc) is 2.60. The summed E-state index contributed by atoms with van der Waals surface area (Å²) in [6, 6.07) is 0. The van der Waals surface area contributed by atoms with Gasteiger partial charge in [-0.3, -0.25) is 0 Å². The summed E-state index contributed by atoms with van der Waals surface area (Å²) in [5, 5.41) is 11.0. The molecule has 6 nitrogen and oxygen atoms in total. The van der Waals surface area contributed by atoms with Crippen LogP contribution in [0.2, 0.25) is 0 Å². The Hall–Kier alpha value is -1.98. The summed E-state index contributed by atoms with van der Waals surface area (Å²) < 4.78 is 5.44. The van der Waals surface area contributed by atoms with Crippen molar-refractivity contribution in [1.82, 2.24) is 20.2 Å². The first-order valence-corrected chi connectivity index (χ1v) is 5.41. The first-order chi connectivity index (χ1) is 8.06. The molecule has 17 heavy (non-hydrogen) atoms. The van der Waals surface area contributed by atoms with E-state index in [9.17, 15) is 0 Å². The van der Waals surface area contributed by atoms with Crippen LogP contribution in [0.1, 0.15) is 28.7 Å². The number of hydrogen-bond acceptors (Lipinski definition) is 6. The molecule has 0 bridgehead atoms. The molecule has 2 heterocycles. The van der Waals surface area contributed by atoms with Crippen molar-refractivity contribution in [2.24, 2.45) is 0 Å². The lowest BCUT2D eigenvalue weighted by molar-refractivity contribution is 0.477. The maximum atomic E-state index is 5.44. The zero-order chi connectivity index (χ0) is 12.4. The van der Waals surface area contributed by atoms with Crippen LogP contribution in [0.25, 0.3) is 0 Å². The summed E-state index contributed by atoms with van der Waals surface area (Å²) >= 11 is 0. The third-order valence-corrected chi connectivity index (χ3v) is 2.56. The molecule has 0 saturated carbocycles. The molecular weight excluding hydrogens is 218 g/mol. The molecule has 0 unspecified atom stereocenters. The number of nitrogens with zero attached hydrogens (tertiary/aromatic N) is 4. The molecule has 0 aromatic carbocycles. The van der Waals surface area contributed by atoms with Crippen LogP contribution in [-0.4, -0.2) is 20.2 Å². The molecule has 0 aliphatic rings. The van der Waals surface area contributed by atoms with Crippen LogP contribution in [0.4, 0.5) is 5.95 Å². The molecule has 6 heteroatoms. The van der Waals surface area contributed by atoms with E-state index >= 15 is 0 Å². The van der Waals surface area contributed by atoms with Crippen molar-refractivity contribution in [2.75, 3.05) is 5.32 Å². The molecule has 0 saturated heterocycles. The lowest BCUT2D eigenvalue weighted by atomic mass is 10.4. The highest BCUT2D eigenvalue weighted by Crippen LogP contribution is 2.09. The van der Waals surface area contributed by atoms with Crippen molar-refractivity contribution >= 4 is 5.95 Å². The van der Waals surface area contributed by atoms with Gasteiger partial charge >= 0.3 is 0 Å². The average molecular weight is 233 g/mol. The number of aromatic nitrogens is 4. The van der Waals surface area contributed by atoms with Crippen LogP contribution in [0.3, 0.4) is 0 Å². The van der Waals surface area contributed by atoms with E-state index < -0.39 is 0 Å². The fourth-order valence-corrected chi connectivity index (χ4v) is 1.30. The van der Waals surface area contributed by atoms with Gasteiger partial charge in [-0.1, -0.05) is 0 Å². The van der Waals surface area contributed by atoms with Gasteiger partial charge < -0.3 is 9.73 Å². The quantitative estimate of drug-likeness (QED) is 0.869. The van der Waals surface area contributed by atoms with E-state index in [0.717, 1.165) is 22.8 Å². The van der Waals surface area contributed by atoms with Crippen LogP contribution < -0.4 is 5.32 Å². The van der Waals surface area contributed by atoms with Crippen molar-refractivity contribution in [2.45, 2.75) is 34.2 Å². The third kappa shape index (κ3) is 2.58. The van der Waals surface area contributed by atoms with Crippen molar-refractivity contribution in [3.8, 4) is 0 Å². The third-order valence-electron chi connectivity index (χ3n) is 2.56. The Morgan fingerprint density at radius 2 is 1.71 bits per heavy atom. The van der Waals surface area contributed by atoms with Crippen molar-refractivity contribution in [3.63, 3.8) is 0 Å². The molecular formula is C11H15N5O. The summed E-state index contributed by atoms with van der Waals surface area (Å²) in [4.78, 5) is 8.52. The Balaban J connectivity index is 2.04. The van der Waals surface area contributed by atoms with Gasteiger partial charge in [0.25, 0.3) is 0 Å². The van der Waals surface area contributed by atoms with Crippen LogP contribution in [0.5, 0.6) is 0 Å². The summed E-state index contributed by atoms with van der Waals surface area (Å²) in [5.74, 6) is 1.95. The Kier molecular flexibility index (Phi) is 3.03. The van der Waals surface area contributed by atoms with Crippen molar-refractivity contribution in [3.05, 3.63) is 28.7 Å². The van der Waals surface area contributed by atoms with Gasteiger partial charge in [0, 0.05) is 0 Å². The topological polar surface area (TPSA) is 76.7 Å². The van der Waals surface area contributed by atoms with Crippen LogP contribution >= 0.6 is 0 Å². The minimum atomic E-state index is 0.457. The highest BCUT2D eigenvalue weighted by Gasteiger charge is 2.06. The summed E-state index contributed by atoms with van der Waals surface area (Å²) in [5.41, 5.74) is 2.60. The zero-order valence-electron chi connectivity index (χ0n) is 10.4. The largest absolute Gasteiger partial charge is 0.444 e. The molecule has 0 aliphatic carbocycles. The van der Waals surface area contributed by atoms with E-state index in [-0.39, 0.29) is 0 Å². The number of hydrogen-bond donors (Lipinski definition) is 1. The molecule has 0 amide bonds. The van der Waals surface area contributed by atoms with Gasteiger partial charge in [-0.15, -0.1) is 5.10 Å². The molecule has 0 fully saturated rings. The fourth-order valence-electron chi connectivity index (χ4n) is 1.30. The van der Waals surface area contributed by atoms with Gasteiger partial charge in [-0.25, -0.2) is 9.97 Å². The molecule has 0 radical (unpaired) electrons. The predicted molar refractivity (Wildman–Crippen MR) is 62.6 cm³/mol. The second-order valence-electron chi connectivity index (χ2n) is 3.91. The summed E-state index contributed by atoms with van der Waals surface area (Å²) in [6.07, 6.45) is 0. The number of oxazole rings is 1. The molecule has 1 N–H and O–H groups in total. The molecule has 2 aromatic rings. The molecule has 0 atom stereocenters. The first-order valence-electron chi connectivity index (χ1n) is 5.41. The Labute approximate surface area is 99.5 Å². The Morgan fingerprint density at radius 1 is 0.941 bits per heavy atom. The number of nitrogens with one attached hydrogen (secondary N) is 1. The van der Waals surface area contributed by atoms with Crippen LogP contribution in [0, 0.1) is 27.7 Å². The first kappa shape index (κ1) is 11.5. The van der Waals surface area contributed by atoms with E-state index in [1.54, 1.807) is 0 Å². The molecule has 0 spiro atoms. The maximum Gasteiger partial charge on any atom is 0.243 e. The minimum absolute atomic E-state index is 0.457. The minimum Gasteiger partial charge on any atom is -0.444 e. The van der Waals surface area contributed by atoms with Crippen LogP contribution in [0.15, 0.2) is 4.42 Å². The predicted octanol–water partition coefficient (Wildman–Crippen LogP) is 1.71. The monoisotopic (exact) mass is 233 g/mol. The highest BCUT2D eigenvalue weighted by atomic mass is 16.4. The van der Waals surface area contributed by atoms with E-state index in [1.807, 2.05) is 27.7 Å². The maximum absolute atomic E-state index is 5.44. The molecule has 90 valence electrons. The van der Waals surface area contributed by atoms with E-state index in [4.69, 9.17) is 4.42 Å². The Morgan fingerprint density at radius 3 is 2.29 bits per heavy atom. The number of rotatable bonds is 3. The van der Waals surface area contributed by atoms with Gasteiger partial charge in [-0.2, -0.15) is 5.10 Å². The molecule has 0 aliphatic heterocycles. The van der Waals surface area contributed by atoms with Crippen LogP contribution in [-0.2, 0) is 6.54 Å². The van der Waals surface area contributed by atoms with Gasteiger partial charge in [0.15, 0.2) is 0 Å². The van der Waals surface area contributed by atoms with Gasteiger partial charge in [0.05, 0.1) is 23.6 Å².